The predicted molar refractivity (Wildman–Crippen MR) is 79.4 cm³/mol. The van der Waals surface area contributed by atoms with Gasteiger partial charge in [0.05, 0.1) is 6.61 Å². The van der Waals surface area contributed by atoms with Gasteiger partial charge in [0.1, 0.15) is 6.10 Å². The smallest absolute Gasteiger partial charge is 0.143 e. The molecule has 0 saturated carbocycles. The Morgan fingerprint density at radius 3 is 2.26 bits per heavy atom. The summed E-state index contributed by atoms with van der Waals surface area (Å²) in [4.78, 5) is 0. The highest BCUT2D eigenvalue weighted by atomic mass is 16.5. The van der Waals surface area contributed by atoms with Crippen LogP contribution in [0.1, 0.15) is 17.2 Å². The van der Waals surface area contributed by atoms with Crippen LogP contribution in [0.2, 0.25) is 0 Å². The van der Waals surface area contributed by atoms with Crippen molar-refractivity contribution in [3.8, 4) is 12.3 Å². The largest absolute Gasteiger partial charge is 0.357 e. The Labute approximate surface area is 114 Å². The van der Waals surface area contributed by atoms with Crippen LogP contribution < -0.4 is 0 Å². The highest BCUT2D eigenvalue weighted by molar-refractivity contribution is 5.48. The van der Waals surface area contributed by atoms with E-state index in [1.807, 2.05) is 72.8 Å². The molecule has 19 heavy (non-hydrogen) atoms. The van der Waals surface area contributed by atoms with E-state index in [0.717, 1.165) is 11.1 Å². The second-order valence-corrected chi connectivity index (χ2v) is 4.10. The molecule has 0 N–H and O–H groups in total. The van der Waals surface area contributed by atoms with Gasteiger partial charge in [-0.1, -0.05) is 78.7 Å². The Hall–Kier alpha value is -2.30. The van der Waals surface area contributed by atoms with Crippen molar-refractivity contribution in [2.45, 2.75) is 6.10 Å². The summed E-state index contributed by atoms with van der Waals surface area (Å²) in [6.45, 7) is 0.499. The standard InChI is InChI=1S/C18H16O/c1-2-18(17-13-7-4-8-14-17)19-15-9-12-16-10-5-3-6-11-16/h1,3-14,18H,15H2. The minimum absolute atomic E-state index is 0.290. The Bertz CT molecular complexity index is 549. The van der Waals surface area contributed by atoms with Crippen LogP contribution in [0.25, 0.3) is 6.08 Å². The Balaban J connectivity index is 1.88. The zero-order valence-electron chi connectivity index (χ0n) is 10.7. The summed E-state index contributed by atoms with van der Waals surface area (Å²) in [7, 11) is 0. The Kier molecular flexibility index (Phi) is 4.98. The highest BCUT2D eigenvalue weighted by Gasteiger charge is 2.05. The van der Waals surface area contributed by atoms with E-state index in [2.05, 4.69) is 5.92 Å². The molecule has 2 aromatic rings. The van der Waals surface area contributed by atoms with E-state index >= 15 is 0 Å². The molecule has 0 aliphatic rings. The lowest BCUT2D eigenvalue weighted by Crippen LogP contribution is -2.01. The van der Waals surface area contributed by atoms with Crippen LogP contribution in [0, 0.1) is 12.3 Å². The molecule has 2 aromatic carbocycles. The van der Waals surface area contributed by atoms with Crippen LogP contribution in [0.5, 0.6) is 0 Å². The van der Waals surface area contributed by atoms with Gasteiger partial charge in [0.2, 0.25) is 0 Å². The van der Waals surface area contributed by atoms with E-state index in [-0.39, 0.29) is 6.10 Å². The van der Waals surface area contributed by atoms with E-state index in [1.165, 1.54) is 0 Å². The molecule has 1 heteroatoms. The Morgan fingerprint density at radius 2 is 1.63 bits per heavy atom. The van der Waals surface area contributed by atoms with Crippen LogP contribution in [0.4, 0.5) is 0 Å². The Morgan fingerprint density at radius 1 is 1.00 bits per heavy atom. The van der Waals surface area contributed by atoms with E-state index < -0.39 is 0 Å². The van der Waals surface area contributed by atoms with Crippen molar-refractivity contribution in [3.63, 3.8) is 0 Å². The fraction of sp³-hybridized carbons (Fsp3) is 0.111. The highest BCUT2D eigenvalue weighted by Crippen LogP contribution is 2.15. The average molecular weight is 248 g/mol. The first-order chi connectivity index (χ1) is 9.40. The molecule has 0 saturated heterocycles. The maximum atomic E-state index is 5.68. The third-order valence-corrected chi connectivity index (χ3v) is 2.72. The van der Waals surface area contributed by atoms with E-state index in [9.17, 15) is 0 Å². The average Bonchev–Trinajstić information content (AvgIpc) is 2.49. The van der Waals surface area contributed by atoms with Gasteiger partial charge in [0.25, 0.3) is 0 Å². The van der Waals surface area contributed by atoms with Crippen LogP contribution in [-0.4, -0.2) is 6.61 Å². The van der Waals surface area contributed by atoms with Crippen molar-refractivity contribution >= 4 is 6.08 Å². The van der Waals surface area contributed by atoms with Crippen molar-refractivity contribution < 1.29 is 4.74 Å². The van der Waals surface area contributed by atoms with Crippen molar-refractivity contribution in [2.24, 2.45) is 0 Å². The van der Waals surface area contributed by atoms with Gasteiger partial charge in [0, 0.05) is 0 Å². The van der Waals surface area contributed by atoms with Crippen molar-refractivity contribution in [2.75, 3.05) is 6.61 Å². The van der Waals surface area contributed by atoms with E-state index in [1.54, 1.807) is 0 Å². The predicted octanol–water partition coefficient (Wildman–Crippen LogP) is 4.09. The second kappa shape index (κ2) is 7.20. The summed E-state index contributed by atoms with van der Waals surface area (Å²) >= 11 is 0. The summed E-state index contributed by atoms with van der Waals surface area (Å²) < 4.78 is 5.68. The van der Waals surface area contributed by atoms with Crippen LogP contribution in [-0.2, 0) is 4.74 Å². The quantitative estimate of drug-likeness (QED) is 0.724. The number of benzene rings is 2. The molecule has 0 aliphatic carbocycles. The molecule has 0 bridgehead atoms. The number of hydrogen-bond acceptors (Lipinski definition) is 1. The summed E-state index contributed by atoms with van der Waals surface area (Å²) in [6.07, 6.45) is 9.21. The fourth-order valence-corrected chi connectivity index (χ4v) is 1.77. The van der Waals surface area contributed by atoms with Crippen LogP contribution in [0.3, 0.4) is 0 Å². The second-order valence-electron chi connectivity index (χ2n) is 4.10. The molecular weight excluding hydrogens is 232 g/mol. The number of rotatable bonds is 5. The van der Waals surface area contributed by atoms with Crippen molar-refractivity contribution in [3.05, 3.63) is 77.9 Å². The lowest BCUT2D eigenvalue weighted by molar-refractivity contribution is 0.117. The molecule has 0 radical (unpaired) electrons. The molecule has 2 rings (SSSR count). The fourth-order valence-electron chi connectivity index (χ4n) is 1.77. The zero-order chi connectivity index (χ0) is 13.3. The number of terminal acetylenes is 1. The molecule has 0 amide bonds. The summed E-state index contributed by atoms with van der Waals surface area (Å²) in [5.74, 6) is 2.66. The van der Waals surface area contributed by atoms with E-state index in [4.69, 9.17) is 11.2 Å². The van der Waals surface area contributed by atoms with Gasteiger partial charge in [-0.05, 0) is 11.1 Å². The molecular formula is C18H16O. The van der Waals surface area contributed by atoms with Crippen molar-refractivity contribution in [1.29, 1.82) is 0 Å². The molecule has 0 fully saturated rings. The third kappa shape index (κ3) is 4.13. The third-order valence-electron chi connectivity index (χ3n) is 2.72. The zero-order valence-corrected chi connectivity index (χ0v) is 10.7. The van der Waals surface area contributed by atoms with Gasteiger partial charge >= 0.3 is 0 Å². The van der Waals surface area contributed by atoms with Gasteiger partial charge in [-0.3, -0.25) is 0 Å². The normalized spacial score (nSPS) is 12.2. The van der Waals surface area contributed by atoms with Gasteiger partial charge in [-0.2, -0.15) is 0 Å². The first-order valence-corrected chi connectivity index (χ1v) is 6.24. The minimum Gasteiger partial charge on any atom is -0.357 e. The first kappa shape index (κ1) is 13.1. The van der Waals surface area contributed by atoms with Gasteiger partial charge in [-0.25, -0.2) is 0 Å². The maximum absolute atomic E-state index is 5.68. The molecule has 94 valence electrons. The molecule has 0 heterocycles. The molecule has 1 atom stereocenters. The van der Waals surface area contributed by atoms with Crippen LogP contribution in [0.15, 0.2) is 66.7 Å². The first-order valence-electron chi connectivity index (χ1n) is 6.24. The van der Waals surface area contributed by atoms with Gasteiger partial charge in [0.15, 0.2) is 0 Å². The van der Waals surface area contributed by atoms with Crippen molar-refractivity contribution in [1.82, 2.24) is 0 Å². The summed E-state index contributed by atoms with van der Waals surface area (Å²) in [5, 5.41) is 0. The molecule has 0 spiro atoms. The number of hydrogen-bond donors (Lipinski definition) is 0. The summed E-state index contributed by atoms with van der Waals surface area (Å²) in [6, 6.07) is 20.0. The summed E-state index contributed by atoms with van der Waals surface area (Å²) in [5.41, 5.74) is 2.17. The van der Waals surface area contributed by atoms with Crippen LogP contribution >= 0.6 is 0 Å². The lowest BCUT2D eigenvalue weighted by Gasteiger charge is -2.10. The molecule has 1 nitrogen and oxygen atoms in total. The minimum atomic E-state index is -0.290. The monoisotopic (exact) mass is 248 g/mol. The lowest BCUT2D eigenvalue weighted by atomic mass is 10.1. The number of ether oxygens (including phenoxy) is 1. The topological polar surface area (TPSA) is 9.23 Å². The van der Waals surface area contributed by atoms with Gasteiger partial charge in [-0.15, -0.1) is 6.42 Å². The maximum Gasteiger partial charge on any atom is 0.143 e. The molecule has 0 aliphatic heterocycles. The van der Waals surface area contributed by atoms with E-state index in [0.29, 0.717) is 6.61 Å². The SMILES string of the molecule is C#CC(OCC=Cc1ccccc1)c1ccccc1. The van der Waals surface area contributed by atoms with Gasteiger partial charge < -0.3 is 4.74 Å². The molecule has 0 aromatic heterocycles. The molecule has 1 unspecified atom stereocenters.